The van der Waals surface area contributed by atoms with Crippen LogP contribution in [0.1, 0.15) is 20.8 Å². The third-order valence-electron chi connectivity index (χ3n) is 2.66. The molecule has 128 valence electrons. The van der Waals surface area contributed by atoms with E-state index in [0.717, 1.165) is 32.5 Å². The summed E-state index contributed by atoms with van der Waals surface area (Å²) in [5, 5.41) is 0.110. The zero-order valence-electron chi connectivity index (χ0n) is 12.5. The maximum Gasteiger partial charge on any atom is 0.231 e. The van der Waals surface area contributed by atoms with Crippen molar-refractivity contribution in [1.82, 2.24) is 9.97 Å². The maximum absolute atomic E-state index is 12.0. The van der Waals surface area contributed by atoms with Gasteiger partial charge in [0.1, 0.15) is 8.67 Å². The summed E-state index contributed by atoms with van der Waals surface area (Å²) in [5.74, 6) is -1.49. The van der Waals surface area contributed by atoms with Crippen LogP contribution in [0.3, 0.4) is 0 Å². The van der Waals surface area contributed by atoms with Crippen molar-refractivity contribution in [2.45, 2.75) is 20.8 Å². The zero-order chi connectivity index (χ0) is 18.2. The standard InChI is InChI=1S/C12H9Cl3N4O3S2/c1-4(20)18(5(2)21)10-8(14)24-12(17-10)19(6(3)22)9-7(13)23-11(15)16-9/h1-3H3. The van der Waals surface area contributed by atoms with Gasteiger partial charge in [0.15, 0.2) is 16.1 Å². The van der Waals surface area contributed by atoms with Crippen molar-refractivity contribution in [3.63, 3.8) is 0 Å². The average Bonchev–Trinajstić information content (AvgIpc) is 2.93. The van der Waals surface area contributed by atoms with Crippen LogP contribution in [0.2, 0.25) is 13.1 Å². The lowest BCUT2D eigenvalue weighted by Crippen LogP contribution is -2.33. The largest absolute Gasteiger partial charge is 0.274 e. The van der Waals surface area contributed by atoms with Crippen molar-refractivity contribution in [3.05, 3.63) is 13.1 Å². The fourth-order valence-corrected chi connectivity index (χ4v) is 4.26. The van der Waals surface area contributed by atoms with Crippen LogP contribution in [-0.2, 0) is 14.4 Å². The summed E-state index contributed by atoms with van der Waals surface area (Å²) in [5.41, 5.74) is 0. The first kappa shape index (κ1) is 19.1. The number of thiazole rings is 2. The molecular formula is C12H9Cl3N4O3S2. The van der Waals surface area contributed by atoms with Crippen LogP contribution in [0, 0.1) is 0 Å². The summed E-state index contributed by atoms with van der Waals surface area (Å²) >= 11 is 19.9. The van der Waals surface area contributed by atoms with Gasteiger partial charge in [-0.3, -0.25) is 14.4 Å². The molecule has 2 aromatic heterocycles. The van der Waals surface area contributed by atoms with Crippen LogP contribution in [0.5, 0.6) is 0 Å². The molecule has 2 rings (SSSR count). The molecule has 0 spiro atoms. The number of nitrogens with zero attached hydrogens (tertiary/aromatic N) is 4. The van der Waals surface area contributed by atoms with Gasteiger partial charge in [-0.2, -0.15) is 4.98 Å². The summed E-state index contributed by atoms with van der Waals surface area (Å²) < 4.78 is 0.412. The van der Waals surface area contributed by atoms with Gasteiger partial charge in [0, 0.05) is 20.8 Å². The minimum Gasteiger partial charge on any atom is -0.274 e. The molecule has 0 saturated carbocycles. The molecule has 24 heavy (non-hydrogen) atoms. The summed E-state index contributed by atoms with van der Waals surface area (Å²) in [6.45, 7) is 3.69. The molecule has 0 fully saturated rings. The lowest BCUT2D eigenvalue weighted by atomic mass is 10.5. The van der Waals surface area contributed by atoms with Crippen molar-refractivity contribution in [3.8, 4) is 0 Å². The average molecular weight is 428 g/mol. The highest BCUT2D eigenvalue weighted by Crippen LogP contribution is 2.42. The molecule has 0 aliphatic heterocycles. The second kappa shape index (κ2) is 7.32. The van der Waals surface area contributed by atoms with Crippen LogP contribution in [-0.4, -0.2) is 27.7 Å². The predicted octanol–water partition coefficient (Wildman–Crippen LogP) is 4.14. The predicted molar refractivity (Wildman–Crippen MR) is 95.9 cm³/mol. The lowest BCUT2D eigenvalue weighted by molar-refractivity contribution is -0.124. The van der Waals surface area contributed by atoms with Gasteiger partial charge in [-0.1, -0.05) is 57.5 Å². The number of imide groups is 1. The Bertz CT molecular complexity index is 822. The smallest absolute Gasteiger partial charge is 0.231 e. The van der Waals surface area contributed by atoms with Crippen LogP contribution < -0.4 is 9.80 Å². The Labute approximate surface area is 159 Å². The van der Waals surface area contributed by atoms with E-state index in [1.807, 2.05) is 0 Å². The highest BCUT2D eigenvalue weighted by atomic mass is 35.5. The second-order valence-electron chi connectivity index (χ2n) is 4.39. The van der Waals surface area contributed by atoms with Gasteiger partial charge in [-0.25, -0.2) is 14.8 Å². The van der Waals surface area contributed by atoms with Gasteiger partial charge >= 0.3 is 0 Å². The van der Waals surface area contributed by atoms with E-state index in [1.54, 1.807) is 0 Å². The van der Waals surface area contributed by atoms with E-state index in [0.29, 0.717) is 0 Å². The van der Waals surface area contributed by atoms with Crippen LogP contribution in [0.4, 0.5) is 16.8 Å². The Morgan fingerprint density at radius 3 is 1.79 bits per heavy atom. The van der Waals surface area contributed by atoms with Crippen LogP contribution in [0.25, 0.3) is 0 Å². The summed E-state index contributed by atoms with van der Waals surface area (Å²) in [6, 6.07) is 0. The van der Waals surface area contributed by atoms with Crippen LogP contribution in [0.15, 0.2) is 0 Å². The van der Waals surface area contributed by atoms with E-state index in [-0.39, 0.29) is 29.9 Å². The Morgan fingerprint density at radius 2 is 1.38 bits per heavy atom. The molecule has 2 aromatic rings. The van der Waals surface area contributed by atoms with E-state index in [2.05, 4.69) is 9.97 Å². The maximum atomic E-state index is 12.0. The molecule has 12 heteroatoms. The lowest BCUT2D eigenvalue weighted by Gasteiger charge is -2.16. The van der Waals surface area contributed by atoms with Gasteiger partial charge in [0.05, 0.1) is 0 Å². The number of halogens is 3. The van der Waals surface area contributed by atoms with E-state index in [9.17, 15) is 14.4 Å². The van der Waals surface area contributed by atoms with Gasteiger partial charge < -0.3 is 0 Å². The number of aromatic nitrogens is 2. The molecule has 0 aromatic carbocycles. The first-order valence-corrected chi connectivity index (χ1v) is 9.00. The number of carbonyl (C=O) groups excluding carboxylic acids is 3. The third kappa shape index (κ3) is 3.70. The molecule has 0 aliphatic rings. The second-order valence-corrected chi connectivity index (χ2v) is 8.15. The van der Waals surface area contributed by atoms with Gasteiger partial charge in [0.2, 0.25) is 22.9 Å². The molecule has 3 amide bonds. The number of carbonyl (C=O) groups is 3. The molecule has 0 aliphatic carbocycles. The summed E-state index contributed by atoms with van der Waals surface area (Å²) in [6.07, 6.45) is 0. The van der Waals surface area contributed by atoms with E-state index >= 15 is 0 Å². The Balaban J connectivity index is 2.56. The Kier molecular flexibility index (Phi) is 5.82. The minimum atomic E-state index is -0.551. The molecule has 0 radical (unpaired) electrons. The quantitative estimate of drug-likeness (QED) is 0.735. The fraction of sp³-hybridized carbons (Fsp3) is 0.250. The molecule has 7 nitrogen and oxygen atoms in total. The number of rotatable bonds is 3. The van der Waals surface area contributed by atoms with Crippen molar-refractivity contribution < 1.29 is 14.4 Å². The number of amides is 3. The molecular weight excluding hydrogens is 419 g/mol. The topological polar surface area (TPSA) is 83.5 Å². The zero-order valence-corrected chi connectivity index (χ0v) is 16.4. The number of anilines is 3. The highest BCUT2D eigenvalue weighted by molar-refractivity contribution is 7.21. The van der Waals surface area contributed by atoms with Crippen molar-refractivity contribution in [2.75, 3.05) is 9.80 Å². The van der Waals surface area contributed by atoms with Gasteiger partial charge in [-0.15, -0.1) is 0 Å². The third-order valence-corrected chi connectivity index (χ3v) is 5.22. The first-order valence-electron chi connectivity index (χ1n) is 6.23. The number of hydrogen-bond acceptors (Lipinski definition) is 7. The minimum absolute atomic E-state index is 0.0552. The Hall–Kier alpha value is -1.26. The highest BCUT2D eigenvalue weighted by Gasteiger charge is 2.29. The molecule has 2 heterocycles. The summed E-state index contributed by atoms with van der Waals surface area (Å²) in [7, 11) is 0. The molecule has 0 N–H and O–H groups in total. The van der Waals surface area contributed by atoms with E-state index in [4.69, 9.17) is 34.8 Å². The fourth-order valence-electron chi connectivity index (χ4n) is 1.82. The molecule has 0 atom stereocenters. The molecule has 0 unspecified atom stereocenters. The normalized spacial score (nSPS) is 10.6. The van der Waals surface area contributed by atoms with Crippen molar-refractivity contribution >= 4 is 92.0 Å². The molecule has 0 saturated heterocycles. The van der Waals surface area contributed by atoms with Gasteiger partial charge in [-0.05, 0) is 0 Å². The first-order chi connectivity index (χ1) is 11.1. The Morgan fingerprint density at radius 1 is 0.833 bits per heavy atom. The van der Waals surface area contributed by atoms with E-state index < -0.39 is 17.7 Å². The summed E-state index contributed by atoms with van der Waals surface area (Å²) in [4.78, 5) is 45.4. The molecule has 0 bridgehead atoms. The van der Waals surface area contributed by atoms with Crippen molar-refractivity contribution in [1.29, 1.82) is 0 Å². The number of hydrogen-bond donors (Lipinski definition) is 0. The van der Waals surface area contributed by atoms with Crippen molar-refractivity contribution in [2.24, 2.45) is 0 Å². The van der Waals surface area contributed by atoms with Gasteiger partial charge in [0.25, 0.3) is 0 Å². The monoisotopic (exact) mass is 426 g/mol. The van der Waals surface area contributed by atoms with Crippen LogP contribution >= 0.6 is 57.5 Å². The SMILES string of the molecule is CC(=O)N(C(C)=O)c1nc(N(C(C)=O)c2nc(Cl)sc2Cl)sc1Cl. The van der Waals surface area contributed by atoms with E-state index in [1.165, 1.54) is 20.8 Å².